The summed E-state index contributed by atoms with van der Waals surface area (Å²) in [5.74, 6) is 1.17. The lowest BCUT2D eigenvalue weighted by atomic mass is 9.92. The van der Waals surface area contributed by atoms with Crippen LogP contribution in [0.1, 0.15) is 86.9 Å². The number of fused-ring (bicyclic) bond motifs is 1. The quantitative estimate of drug-likeness (QED) is 0.251. The van der Waals surface area contributed by atoms with Crippen LogP contribution in [0.2, 0.25) is 0 Å². The van der Waals surface area contributed by atoms with Crippen molar-refractivity contribution in [3.05, 3.63) is 41.2 Å². The van der Waals surface area contributed by atoms with Crippen molar-refractivity contribution < 1.29 is 26.3 Å². The molecule has 4 N–H and O–H groups in total. The molecular weight excluding hydrogens is 586 g/mol. The van der Waals surface area contributed by atoms with Crippen molar-refractivity contribution in [1.29, 1.82) is 0 Å². The first kappa shape index (κ1) is 30.9. The normalized spacial score (nSPS) is 23.0. The van der Waals surface area contributed by atoms with E-state index >= 15 is 0 Å². The number of imidazole rings is 1. The van der Waals surface area contributed by atoms with Gasteiger partial charge in [0, 0.05) is 43.8 Å². The zero-order valence-corrected chi connectivity index (χ0v) is 24.4. The number of alkyl halides is 6. The van der Waals surface area contributed by atoms with Crippen molar-refractivity contribution in [3.8, 4) is 0 Å². The van der Waals surface area contributed by atoms with Gasteiger partial charge in [0.25, 0.3) is 0 Å². The van der Waals surface area contributed by atoms with E-state index in [1.807, 2.05) is 11.2 Å². The van der Waals surface area contributed by atoms with E-state index in [9.17, 15) is 26.3 Å². The highest BCUT2D eigenvalue weighted by Gasteiger charge is 2.38. The van der Waals surface area contributed by atoms with Crippen molar-refractivity contribution in [2.45, 2.75) is 107 Å². The van der Waals surface area contributed by atoms with Gasteiger partial charge in [-0.25, -0.2) is 4.98 Å². The van der Waals surface area contributed by atoms with Gasteiger partial charge >= 0.3 is 12.4 Å². The number of rotatable bonds is 7. The topological polar surface area (TPSA) is 96.9 Å². The number of benzene rings is 1. The molecule has 3 aliphatic rings. The number of likely N-dealkylation sites (tertiary alicyclic amines) is 1. The van der Waals surface area contributed by atoms with Crippen LogP contribution in [0.25, 0.3) is 11.2 Å². The van der Waals surface area contributed by atoms with Gasteiger partial charge in [0.2, 0.25) is 5.95 Å². The minimum absolute atomic E-state index is 0.00352. The molecule has 0 amide bonds. The summed E-state index contributed by atoms with van der Waals surface area (Å²) in [4.78, 5) is 16.3. The number of nitrogens with two attached hydrogens (primary N) is 1. The molecule has 3 heterocycles. The first-order chi connectivity index (χ1) is 20.9. The second kappa shape index (κ2) is 12.3. The van der Waals surface area contributed by atoms with Gasteiger partial charge in [-0.1, -0.05) is 18.9 Å². The molecule has 1 saturated heterocycles. The lowest BCUT2D eigenvalue weighted by molar-refractivity contribution is -0.143. The Morgan fingerprint density at radius 3 is 2.16 bits per heavy atom. The number of halogens is 6. The van der Waals surface area contributed by atoms with Gasteiger partial charge < -0.3 is 20.9 Å². The van der Waals surface area contributed by atoms with Gasteiger partial charge in [0.05, 0.1) is 17.5 Å². The van der Waals surface area contributed by atoms with Gasteiger partial charge in [-0.15, -0.1) is 0 Å². The molecule has 3 fully saturated rings. The molecule has 14 heteroatoms. The van der Waals surface area contributed by atoms with Crippen LogP contribution in [0.4, 0.5) is 38.1 Å². The SMILES string of the molecule is NC1CCC(Nc2nc(NC3CCN(Cc4ccc(C(F)(F)F)cc4C(F)(F)F)CC3)c3ncn(C4CCCC4)c3n2)CC1. The fraction of sp³-hybridized carbons (Fsp3) is 0.633. The Bertz CT molecular complexity index is 1430. The summed E-state index contributed by atoms with van der Waals surface area (Å²) in [5, 5.41) is 7.05. The number of aromatic nitrogens is 4. The Morgan fingerprint density at radius 1 is 0.818 bits per heavy atom. The van der Waals surface area contributed by atoms with Gasteiger partial charge in [0.15, 0.2) is 17.0 Å². The number of piperidine rings is 1. The zero-order valence-electron chi connectivity index (χ0n) is 24.4. The molecule has 2 aliphatic carbocycles. The predicted octanol–water partition coefficient (Wildman–Crippen LogP) is 6.74. The largest absolute Gasteiger partial charge is 0.416 e. The Hall–Kier alpha value is -3.13. The summed E-state index contributed by atoms with van der Waals surface area (Å²) in [6.07, 6.45) is 1.64. The van der Waals surface area contributed by atoms with E-state index in [0.29, 0.717) is 49.3 Å². The molecule has 44 heavy (non-hydrogen) atoms. The van der Waals surface area contributed by atoms with Crippen LogP contribution in [-0.4, -0.2) is 55.6 Å². The minimum Gasteiger partial charge on any atom is -0.365 e. The van der Waals surface area contributed by atoms with Crippen LogP contribution in [0.5, 0.6) is 0 Å². The average molecular weight is 625 g/mol. The molecule has 3 aromatic rings. The van der Waals surface area contributed by atoms with Crippen molar-refractivity contribution in [1.82, 2.24) is 24.4 Å². The van der Waals surface area contributed by atoms with E-state index in [0.717, 1.165) is 56.3 Å². The molecule has 6 rings (SSSR count). The lowest BCUT2D eigenvalue weighted by Crippen LogP contribution is -2.39. The molecule has 2 aromatic heterocycles. The Morgan fingerprint density at radius 2 is 1.50 bits per heavy atom. The summed E-state index contributed by atoms with van der Waals surface area (Å²) in [5.41, 5.74) is 4.86. The van der Waals surface area contributed by atoms with Gasteiger partial charge in [0.1, 0.15) is 0 Å². The number of nitrogens with zero attached hydrogens (tertiary/aromatic N) is 5. The molecule has 1 aliphatic heterocycles. The van der Waals surface area contributed by atoms with Crippen LogP contribution < -0.4 is 16.4 Å². The number of hydrogen-bond acceptors (Lipinski definition) is 7. The smallest absolute Gasteiger partial charge is 0.365 e. The lowest BCUT2D eigenvalue weighted by Gasteiger charge is -2.33. The predicted molar refractivity (Wildman–Crippen MR) is 155 cm³/mol. The summed E-state index contributed by atoms with van der Waals surface area (Å²) in [6, 6.07) is 2.68. The molecule has 0 atom stereocenters. The van der Waals surface area contributed by atoms with Gasteiger partial charge in [-0.3, -0.25) is 4.90 Å². The van der Waals surface area contributed by atoms with Crippen LogP contribution in [0, 0.1) is 0 Å². The van der Waals surface area contributed by atoms with Crippen LogP contribution in [0.3, 0.4) is 0 Å². The van der Waals surface area contributed by atoms with E-state index in [4.69, 9.17) is 15.7 Å². The average Bonchev–Trinajstić information content (AvgIpc) is 3.65. The number of anilines is 2. The number of nitrogens with one attached hydrogen (secondary N) is 2. The van der Waals surface area contributed by atoms with Gasteiger partial charge in [-0.2, -0.15) is 36.3 Å². The summed E-state index contributed by atoms with van der Waals surface area (Å²) < 4.78 is 82.5. The van der Waals surface area contributed by atoms with E-state index in [2.05, 4.69) is 20.2 Å². The van der Waals surface area contributed by atoms with Crippen molar-refractivity contribution in [2.24, 2.45) is 5.73 Å². The van der Waals surface area contributed by atoms with Crippen LogP contribution >= 0.6 is 0 Å². The maximum atomic E-state index is 13.7. The fourth-order valence-electron chi connectivity index (χ4n) is 6.80. The Labute approximate surface area is 251 Å². The molecular formula is C30H38F6N8. The maximum absolute atomic E-state index is 13.7. The first-order valence-electron chi connectivity index (χ1n) is 15.5. The molecule has 0 bridgehead atoms. The highest BCUT2D eigenvalue weighted by molar-refractivity contribution is 5.84. The molecule has 0 radical (unpaired) electrons. The van der Waals surface area contributed by atoms with Crippen LogP contribution in [-0.2, 0) is 18.9 Å². The first-order valence-corrected chi connectivity index (χ1v) is 15.5. The highest BCUT2D eigenvalue weighted by Crippen LogP contribution is 2.38. The third-order valence-corrected chi connectivity index (χ3v) is 9.31. The van der Waals surface area contributed by atoms with Crippen LogP contribution in [0.15, 0.2) is 24.5 Å². The van der Waals surface area contributed by atoms with Crippen molar-refractivity contribution in [3.63, 3.8) is 0 Å². The van der Waals surface area contributed by atoms with E-state index in [1.54, 1.807) is 0 Å². The summed E-state index contributed by atoms with van der Waals surface area (Å²) in [7, 11) is 0. The maximum Gasteiger partial charge on any atom is 0.416 e. The third kappa shape index (κ3) is 6.90. The molecule has 0 spiro atoms. The summed E-state index contributed by atoms with van der Waals surface area (Å²) >= 11 is 0. The van der Waals surface area contributed by atoms with Crippen molar-refractivity contribution in [2.75, 3.05) is 23.7 Å². The molecule has 8 nitrogen and oxygen atoms in total. The Kier molecular flexibility index (Phi) is 8.66. The monoisotopic (exact) mass is 624 g/mol. The number of hydrogen-bond donors (Lipinski definition) is 3. The van der Waals surface area contributed by atoms with E-state index < -0.39 is 23.5 Å². The highest BCUT2D eigenvalue weighted by atomic mass is 19.4. The molecule has 0 unspecified atom stereocenters. The fourth-order valence-corrected chi connectivity index (χ4v) is 6.80. The zero-order chi connectivity index (χ0) is 31.1. The molecule has 2 saturated carbocycles. The second-order valence-corrected chi connectivity index (χ2v) is 12.5. The molecule has 240 valence electrons. The van der Waals surface area contributed by atoms with E-state index in [1.165, 1.54) is 12.8 Å². The second-order valence-electron chi connectivity index (χ2n) is 12.5. The van der Waals surface area contributed by atoms with E-state index in [-0.39, 0.29) is 36.3 Å². The Balaban J connectivity index is 1.16. The third-order valence-electron chi connectivity index (χ3n) is 9.31. The van der Waals surface area contributed by atoms with Gasteiger partial charge in [-0.05, 0) is 69.1 Å². The summed E-state index contributed by atoms with van der Waals surface area (Å²) in [6.45, 7) is 0.880. The van der Waals surface area contributed by atoms with Crippen molar-refractivity contribution >= 4 is 22.9 Å². The standard InChI is InChI=1S/C30H38F6N8/c31-29(32,33)19-6-5-18(24(15-19)30(34,35)36)16-43-13-11-22(12-14-43)39-26-25-27(44(17-38-25)23-3-1-2-4-23)42-28(41-26)40-21-9-7-20(37)8-10-21/h5-6,15,17,20-23H,1-4,7-14,16,37H2,(H2,39,40,41,42). The minimum atomic E-state index is -4.88. The molecule has 1 aromatic carbocycles.